The molecule has 0 atom stereocenters. The monoisotopic (exact) mass is 268 g/mol. The van der Waals surface area contributed by atoms with Crippen LogP contribution in [0.4, 0.5) is 0 Å². The van der Waals surface area contributed by atoms with Crippen LogP contribution in [0.1, 0.15) is 16.7 Å². The molecule has 0 saturated carbocycles. The van der Waals surface area contributed by atoms with E-state index in [4.69, 9.17) is 0 Å². The number of hydrazone groups is 1. The highest BCUT2D eigenvalue weighted by molar-refractivity contribution is 5.84. The van der Waals surface area contributed by atoms with E-state index in [1.165, 1.54) is 0 Å². The van der Waals surface area contributed by atoms with Gasteiger partial charge in [-0.15, -0.1) is 0 Å². The Hall–Kier alpha value is -2.62. The maximum atomic E-state index is 11.7. The van der Waals surface area contributed by atoms with E-state index in [2.05, 4.69) is 10.5 Å². The summed E-state index contributed by atoms with van der Waals surface area (Å²) in [6, 6.07) is 14.4. The fourth-order valence-electron chi connectivity index (χ4n) is 1.80. The Bertz CT molecular complexity index is 636. The molecule has 4 nitrogen and oxygen atoms in total. The Balaban J connectivity index is 1.91. The number of benzene rings is 2. The van der Waals surface area contributed by atoms with Gasteiger partial charge in [-0.1, -0.05) is 36.4 Å². The van der Waals surface area contributed by atoms with E-state index in [0.29, 0.717) is 0 Å². The lowest BCUT2D eigenvalue weighted by Crippen LogP contribution is -2.19. The molecule has 0 saturated heterocycles. The number of aromatic hydroxyl groups is 1. The lowest BCUT2D eigenvalue weighted by Gasteiger charge is -2.02. The SMILES string of the molecule is Cc1ccccc1C=NNC(=O)Cc1cccc(O)c1. The smallest absolute Gasteiger partial charge is 0.244 e. The third kappa shape index (κ3) is 3.95. The number of phenolic OH excluding ortho intramolecular Hbond substituents is 1. The number of carbonyl (C=O) groups excluding carboxylic acids is 1. The minimum absolute atomic E-state index is 0.152. The van der Waals surface area contributed by atoms with E-state index in [1.54, 1.807) is 30.5 Å². The van der Waals surface area contributed by atoms with Crippen molar-refractivity contribution in [3.63, 3.8) is 0 Å². The van der Waals surface area contributed by atoms with E-state index in [0.717, 1.165) is 16.7 Å². The lowest BCUT2D eigenvalue weighted by molar-refractivity contribution is -0.120. The average molecular weight is 268 g/mol. The zero-order chi connectivity index (χ0) is 14.4. The van der Waals surface area contributed by atoms with Crippen molar-refractivity contribution in [1.29, 1.82) is 0 Å². The quantitative estimate of drug-likeness (QED) is 0.660. The summed E-state index contributed by atoms with van der Waals surface area (Å²) in [5.41, 5.74) is 5.28. The number of nitrogens with zero attached hydrogens (tertiary/aromatic N) is 1. The van der Waals surface area contributed by atoms with E-state index in [1.807, 2.05) is 31.2 Å². The van der Waals surface area contributed by atoms with Crippen LogP contribution in [0.15, 0.2) is 53.6 Å². The van der Waals surface area contributed by atoms with Gasteiger partial charge in [0.05, 0.1) is 12.6 Å². The molecule has 2 rings (SSSR count). The summed E-state index contributed by atoms with van der Waals surface area (Å²) in [6.07, 6.45) is 1.80. The molecule has 2 aromatic rings. The Morgan fingerprint density at radius 2 is 2.05 bits per heavy atom. The van der Waals surface area contributed by atoms with Crippen LogP contribution in [-0.4, -0.2) is 17.2 Å². The van der Waals surface area contributed by atoms with Crippen LogP contribution in [0, 0.1) is 6.92 Å². The largest absolute Gasteiger partial charge is 0.508 e. The van der Waals surface area contributed by atoms with Crippen molar-refractivity contribution < 1.29 is 9.90 Å². The maximum absolute atomic E-state index is 11.7. The molecule has 0 aliphatic heterocycles. The molecule has 0 aliphatic rings. The number of hydrogen-bond acceptors (Lipinski definition) is 3. The summed E-state index contributed by atoms with van der Waals surface area (Å²) >= 11 is 0. The molecule has 2 N–H and O–H groups in total. The third-order valence-corrected chi connectivity index (χ3v) is 2.86. The maximum Gasteiger partial charge on any atom is 0.244 e. The molecule has 102 valence electrons. The summed E-state index contributed by atoms with van der Waals surface area (Å²) < 4.78 is 0. The molecular formula is C16H16N2O2. The molecule has 0 heterocycles. The lowest BCUT2D eigenvalue weighted by atomic mass is 10.1. The van der Waals surface area contributed by atoms with Crippen molar-refractivity contribution in [3.8, 4) is 5.75 Å². The Morgan fingerprint density at radius 1 is 1.25 bits per heavy atom. The highest BCUT2D eigenvalue weighted by Gasteiger charge is 2.02. The first-order chi connectivity index (χ1) is 9.65. The number of aryl methyl sites for hydroxylation is 1. The van der Waals surface area contributed by atoms with E-state index >= 15 is 0 Å². The Morgan fingerprint density at radius 3 is 2.80 bits per heavy atom. The minimum Gasteiger partial charge on any atom is -0.508 e. The molecule has 1 amide bonds. The third-order valence-electron chi connectivity index (χ3n) is 2.86. The zero-order valence-electron chi connectivity index (χ0n) is 11.2. The van der Waals surface area contributed by atoms with Gasteiger partial charge in [0.15, 0.2) is 0 Å². The molecule has 0 bridgehead atoms. The first kappa shape index (κ1) is 13.8. The first-order valence-electron chi connectivity index (χ1n) is 6.30. The van der Waals surface area contributed by atoms with Gasteiger partial charge in [-0.3, -0.25) is 4.79 Å². The highest BCUT2D eigenvalue weighted by Crippen LogP contribution is 2.11. The molecule has 0 aromatic heterocycles. The normalized spacial score (nSPS) is 10.7. The molecular weight excluding hydrogens is 252 g/mol. The molecule has 0 fully saturated rings. The minimum atomic E-state index is -0.222. The number of hydrogen-bond donors (Lipinski definition) is 2. The van der Waals surface area contributed by atoms with Gasteiger partial charge < -0.3 is 5.11 Å². The van der Waals surface area contributed by atoms with Crippen LogP contribution >= 0.6 is 0 Å². The predicted molar refractivity (Wildman–Crippen MR) is 78.7 cm³/mol. The number of phenols is 1. The van der Waals surface area contributed by atoms with Crippen molar-refractivity contribution in [2.75, 3.05) is 0 Å². The molecule has 0 unspecified atom stereocenters. The van der Waals surface area contributed by atoms with E-state index in [9.17, 15) is 9.90 Å². The van der Waals surface area contributed by atoms with Crippen molar-refractivity contribution in [2.45, 2.75) is 13.3 Å². The molecule has 20 heavy (non-hydrogen) atoms. The van der Waals surface area contributed by atoms with Gasteiger partial charge in [0.25, 0.3) is 0 Å². The molecule has 0 radical (unpaired) electrons. The number of amides is 1. The van der Waals surface area contributed by atoms with Gasteiger partial charge in [-0.05, 0) is 35.7 Å². The summed E-state index contributed by atoms with van der Waals surface area (Å²) in [5, 5.41) is 13.3. The second kappa shape index (κ2) is 6.52. The number of rotatable bonds is 4. The average Bonchev–Trinajstić information content (AvgIpc) is 2.41. The molecule has 4 heteroatoms. The van der Waals surface area contributed by atoms with Gasteiger partial charge >= 0.3 is 0 Å². The summed E-state index contributed by atoms with van der Waals surface area (Å²) in [5.74, 6) is -0.0702. The summed E-state index contributed by atoms with van der Waals surface area (Å²) in [4.78, 5) is 11.7. The molecule has 2 aromatic carbocycles. The first-order valence-corrected chi connectivity index (χ1v) is 6.30. The standard InChI is InChI=1S/C16H16N2O2/c1-12-5-2-3-7-14(12)11-17-18-16(20)10-13-6-4-8-15(19)9-13/h2-9,11,19H,10H2,1H3,(H,18,20). The topological polar surface area (TPSA) is 61.7 Å². The highest BCUT2D eigenvalue weighted by atomic mass is 16.3. The second-order valence-corrected chi connectivity index (χ2v) is 4.50. The van der Waals surface area contributed by atoms with Crippen LogP contribution < -0.4 is 5.43 Å². The van der Waals surface area contributed by atoms with Gasteiger partial charge in [0.1, 0.15) is 5.75 Å². The zero-order valence-corrected chi connectivity index (χ0v) is 11.2. The van der Waals surface area contributed by atoms with E-state index in [-0.39, 0.29) is 18.1 Å². The van der Waals surface area contributed by atoms with E-state index < -0.39 is 0 Å². The molecule has 0 spiro atoms. The van der Waals surface area contributed by atoms with Crippen LogP contribution in [0.3, 0.4) is 0 Å². The predicted octanol–water partition coefficient (Wildman–Crippen LogP) is 2.39. The Kier molecular flexibility index (Phi) is 4.50. The van der Waals surface area contributed by atoms with Crippen molar-refractivity contribution in [3.05, 3.63) is 65.2 Å². The fourth-order valence-corrected chi connectivity index (χ4v) is 1.80. The van der Waals surface area contributed by atoms with Crippen LogP contribution in [-0.2, 0) is 11.2 Å². The Labute approximate surface area is 117 Å². The second-order valence-electron chi connectivity index (χ2n) is 4.50. The summed E-state index contributed by atoms with van der Waals surface area (Å²) in [7, 11) is 0. The van der Waals surface area contributed by atoms with Crippen LogP contribution in [0.25, 0.3) is 0 Å². The van der Waals surface area contributed by atoms with Crippen molar-refractivity contribution in [1.82, 2.24) is 5.43 Å². The number of nitrogens with one attached hydrogen (secondary N) is 1. The van der Waals surface area contributed by atoms with Crippen molar-refractivity contribution >= 4 is 12.1 Å². The van der Waals surface area contributed by atoms with Crippen LogP contribution in [0.5, 0.6) is 5.75 Å². The number of carbonyl (C=O) groups is 1. The van der Waals surface area contributed by atoms with Gasteiger partial charge in [0.2, 0.25) is 5.91 Å². The fraction of sp³-hybridized carbons (Fsp3) is 0.125. The summed E-state index contributed by atoms with van der Waals surface area (Å²) in [6.45, 7) is 1.98. The molecule has 0 aliphatic carbocycles. The van der Waals surface area contributed by atoms with Crippen LogP contribution in [0.2, 0.25) is 0 Å². The van der Waals surface area contributed by atoms with Gasteiger partial charge in [-0.25, -0.2) is 5.43 Å². The van der Waals surface area contributed by atoms with Crippen molar-refractivity contribution in [2.24, 2.45) is 5.10 Å². The van der Waals surface area contributed by atoms with Gasteiger partial charge in [0, 0.05) is 0 Å². The van der Waals surface area contributed by atoms with Gasteiger partial charge in [-0.2, -0.15) is 5.10 Å².